The number of hydrogen-bond acceptors (Lipinski definition) is 1. The molecular weight excluding hydrogens is 122 g/mol. The fourth-order valence-corrected chi connectivity index (χ4v) is 2.19. The first-order valence-electron chi connectivity index (χ1n) is 4.29. The van der Waals surface area contributed by atoms with Crippen molar-refractivity contribution < 1.29 is 0 Å². The number of piperidine rings is 1. The molecule has 56 valence electrons. The number of allylic oxidation sites excluding steroid dienone is 2. The van der Waals surface area contributed by atoms with E-state index in [1.54, 1.807) is 0 Å². The molecule has 2 rings (SSSR count). The van der Waals surface area contributed by atoms with E-state index >= 15 is 0 Å². The predicted octanol–water partition coefficient (Wildman–Crippen LogP) is 1.91. The zero-order chi connectivity index (χ0) is 6.97. The van der Waals surface area contributed by atoms with Crippen LogP contribution in [0.4, 0.5) is 0 Å². The largest absolute Gasteiger partial charge is 0.389 e. The van der Waals surface area contributed by atoms with Gasteiger partial charge in [0.2, 0.25) is 0 Å². The molecule has 2 unspecified atom stereocenters. The minimum atomic E-state index is 0.821. The van der Waals surface area contributed by atoms with Crippen molar-refractivity contribution in [1.82, 2.24) is 5.32 Å². The van der Waals surface area contributed by atoms with Gasteiger partial charge in [-0.25, -0.2) is 0 Å². The Bertz CT molecular complexity index is 160. The molecule has 1 saturated heterocycles. The minimum Gasteiger partial charge on any atom is -0.389 e. The van der Waals surface area contributed by atoms with Gasteiger partial charge in [-0.05, 0) is 31.1 Å². The second-order valence-electron chi connectivity index (χ2n) is 3.69. The lowest BCUT2D eigenvalue weighted by atomic mass is 9.82. The van der Waals surface area contributed by atoms with E-state index in [2.05, 4.69) is 18.3 Å². The summed E-state index contributed by atoms with van der Waals surface area (Å²) in [7, 11) is 0. The smallest absolute Gasteiger partial charge is 0.0146 e. The molecule has 1 aliphatic carbocycles. The lowest BCUT2D eigenvalue weighted by Crippen LogP contribution is -2.30. The van der Waals surface area contributed by atoms with Gasteiger partial charge in [0.15, 0.2) is 0 Å². The molecule has 1 heteroatoms. The quantitative estimate of drug-likeness (QED) is 0.537. The highest BCUT2D eigenvalue weighted by atomic mass is 14.9. The van der Waals surface area contributed by atoms with Gasteiger partial charge in [-0.15, -0.1) is 0 Å². The van der Waals surface area contributed by atoms with E-state index in [9.17, 15) is 0 Å². The summed E-state index contributed by atoms with van der Waals surface area (Å²) in [6.07, 6.45) is 6.53. The van der Waals surface area contributed by atoms with Gasteiger partial charge in [-0.1, -0.05) is 13.0 Å². The van der Waals surface area contributed by atoms with E-state index < -0.39 is 0 Å². The molecule has 1 heterocycles. The Balaban J connectivity index is 2.15. The highest BCUT2D eigenvalue weighted by molar-refractivity contribution is 5.09. The second-order valence-corrected chi connectivity index (χ2v) is 3.69. The average molecular weight is 137 g/mol. The molecular formula is C9H15N. The van der Waals surface area contributed by atoms with Crippen LogP contribution in [-0.4, -0.2) is 6.54 Å². The Hall–Kier alpha value is -0.460. The molecule has 0 spiro atoms. The van der Waals surface area contributed by atoms with Crippen molar-refractivity contribution in [3.63, 3.8) is 0 Å². The SMILES string of the molecule is CC1C=C2CC(CCN2)C1. The van der Waals surface area contributed by atoms with Crippen molar-refractivity contribution in [2.75, 3.05) is 6.54 Å². The summed E-state index contributed by atoms with van der Waals surface area (Å²) in [5.74, 6) is 1.82. The topological polar surface area (TPSA) is 12.0 Å². The van der Waals surface area contributed by atoms with Crippen molar-refractivity contribution >= 4 is 0 Å². The monoisotopic (exact) mass is 137 g/mol. The van der Waals surface area contributed by atoms with Gasteiger partial charge in [-0.3, -0.25) is 0 Å². The fourth-order valence-electron chi connectivity index (χ4n) is 2.19. The summed E-state index contributed by atoms with van der Waals surface area (Å²) in [6, 6.07) is 0. The van der Waals surface area contributed by atoms with Crippen LogP contribution in [0.3, 0.4) is 0 Å². The Morgan fingerprint density at radius 3 is 3.30 bits per heavy atom. The highest BCUT2D eigenvalue weighted by Crippen LogP contribution is 2.31. The van der Waals surface area contributed by atoms with E-state index in [0.717, 1.165) is 11.8 Å². The molecule has 1 nitrogen and oxygen atoms in total. The van der Waals surface area contributed by atoms with Crippen molar-refractivity contribution in [3.05, 3.63) is 11.8 Å². The molecule has 0 radical (unpaired) electrons. The van der Waals surface area contributed by atoms with Crippen LogP contribution in [0.5, 0.6) is 0 Å². The van der Waals surface area contributed by atoms with E-state index in [1.807, 2.05) is 0 Å². The number of rotatable bonds is 0. The van der Waals surface area contributed by atoms with Crippen molar-refractivity contribution in [2.45, 2.75) is 26.2 Å². The molecule has 10 heavy (non-hydrogen) atoms. The first kappa shape index (κ1) is 6.26. The van der Waals surface area contributed by atoms with Gasteiger partial charge in [0, 0.05) is 12.2 Å². The number of hydrogen-bond donors (Lipinski definition) is 1. The maximum atomic E-state index is 3.44. The Kier molecular flexibility index (Phi) is 1.44. The van der Waals surface area contributed by atoms with Gasteiger partial charge < -0.3 is 5.32 Å². The molecule has 1 N–H and O–H groups in total. The predicted molar refractivity (Wildman–Crippen MR) is 42.6 cm³/mol. The Morgan fingerprint density at radius 2 is 2.50 bits per heavy atom. The molecule has 0 aromatic rings. The van der Waals surface area contributed by atoms with Gasteiger partial charge >= 0.3 is 0 Å². The fraction of sp³-hybridized carbons (Fsp3) is 0.778. The van der Waals surface area contributed by atoms with Crippen molar-refractivity contribution in [2.24, 2.45) is 11.8 Å². The van der Waals surface area contributed by atoms with Crippen LogP contribution >= 0.6 is 0 Å². The summed E-state index contributed by atoms with van der Waals surface area (Å²) < 4.78 is 0. The third-order valence-electron chi connectivity index (χ3n) is 2.60. The van der Waals surface area contributed by atoms with E-state index in [1.165, 1.54) is 31.5 Å². The number of fused-ring (bicyclic) bond motifs is 2. The van der Waals surface area contributed by atoms with Crippen LogP contribution < -0.4 is 5.32 Å². The zero-order valence-electron chi connectivity index (χ0n) is 6.56. The molecule has 0 saturated carbocycles. The van der Waals surface area contributed by atoms with Crippen LogP contribution in [0.2, 0.25) is 0 Å². The van der Waals surface area contributed by atoms with E-state index in [0.29, 0.717) is 0 Å². The van der Waals surface area contributed by atoms with Crippen molar-refractivity contribution in [1.29, 1.82) is 0 Å². The first-order chi connectivity index (χ1) is 4.84. The van der Waals surface area contributed by atoms with Crippen LogP contribution in [-0.2, 0) is 0 Å². The molecule has 1 fully saturated rings. The van der Waals surface area contributed by atoms with E-state index in [-0.39, 0.29) is 0 Å². The van der Waals surface area contributed by atoms with Crippen LogP contribution in [0.1, 0.15) is 26.2 Å². The number of nitrogens with one attached hydrogen (secondary N) is 1. The van der Waals surface area contributed by atoms with E-state index in [4.69, 9.17) is 0 Å². The second kappa shape index (κ2) is 2.30. The highest BCUT2D eigenvalue weighted by Gasteiger charge is 2.22. The molecule has 0 amide bonds. The zero-order valence-corrected chi connectivity index (χ0v) is 6.56. The Morgan fingerprint density at radius 1 is 1.60 bits per heavy atom. The van der Waals surface area contributed by atoms with Crippen LogP contribution in [0.25, 0.3) is 0 Å². The summed E-state index contributed by atoms with van der Waals surface area (Å²) >= 11 is 0. The lowest BCUT2D eigenvalue weighted by molar-refractivity contribution is 0.333. The minimum absolute atomic E-state index is 0.821. The summed E-state index contributed by atoms with van der Waals surface area (Å²) in [4.78, 5) is 0. The summed E-state index contributed by atoms with van der Waals surface area (Å²) in [6.45, 7) is 3.53. The molecule has 2 atom stereocenters. The van der Waals surface area contributed by atoms with Crippen LogP contribution in [0.15, 0.2) is 11.8 Å². The first-order valence-corrected chi connectivity index (χ1v) is 4.29. The Labute approximate surface area is 62.5 Å². The van der Waals surface area contributed by atoms with Gasteiger partial charge in [0.1, 0.15) is 0 Å². The normalized spacial score (nSPS) is 38.3. The standard InChI is InChI=1S/C9H15N/c1-7-4-8-2-3-10-9(5-7)6-8/h5,7-8,10H,2-4,6H2,1H3. The van der Waals surface area contributed by atoms with Gasteiger partial charge in [0.05, 0.1) is 0 Å². The average Bonchev–Trinajstić information content (AvgIpc) is 1.85. The summed E-state index contributed by atoms with van der Waals surface area (Å²) in [5, 5.41) is 3.44. The van der Waals surface area contributed by atoms with Crippen LogP contribution in [0, 0.1) is 11.8 Å². The molecule has 2 aliphatic rings. The van der Waals surface area contributed by atoms with Gasteiger partial charge in [-0.2, -0.15) is 0 Å². The maximum Gasteiger partial charge on any atom is 0.0146 e. The van der Waals surface area contributed by atoms with Gasteiger partial charge in [0.25, 0.3) is 0 Å². The third kappa shape index (κ3) is 1.05. The lowest BCUT2D eigenvalue weighted by Gasteiger charge is -2.32. The molecule has 1 aliphatic heterocycles. The third-order valence-corrected chi connectivity index (χ3v) is 2.60. The molecule has 0 aromatic carbocycles. The van der Waals surface area contributed by atoms with Crippen molar-refractivity contribution in [3.8, 4) is 0 Å². The maximum absolute atomic E-state index is 3.44. The molecule has 0 aromatic heterocycles. The summed E-state index contributed by atoms with van der Waals surface area (Å²) in [5.41, 5.74) is 1.51. The molecule has 2 bridgehead atoms.